The van der Waals surface area contributed by atoms with Crippen molar-refractivity contribution >= 4 is 58.3 Å². The molecule has 0 fully saturated rings. The van der Waals surface area contributed by atoms with Crippen LogP contribution in [-0.4, -0.2) is 100.0 Å². The zero-order valence-corrected chi connectivity index (χ0v) is 49.9. The van der Waals surface area contributed by atoms with E-state index >= 15 is 4.39 Å². The number of benzene rings is 4. The molecule has 6 N–H and O–H groups in total. The SMILES string of the molecule is CC[C@@]1(O)C(=O)OCc2c1cc1n(c2=O)Cc2c-1nc1cc(F)c(C)c3c1c2[C@@H](NC(=O)CNC(=O)[C@@H](CC(=O)CNC(=O)CCC(=O)[C@H](CCCCNC(=O)OC(C)(C)C)NC(=O)OCC1c2ccccc2-c2ccccc21)Cc1ccccc1)CC3. The van der Waals surface area contributed by atoms with E-state index in [2.05, 4.69) is 26.6 Å². The predicted molar refractivity (Wildman–Crippen MR) is 322 cm³/mol. The molecular weight excluding hydrogens is 1130 g/mol. The van der Waals surface area contributed by atoms with Gasteiger partial charge in [-0.05, 0) is 123 Å². The number of ether oxygens (including phenoxy) is 3. The summed E-state index contributed by atoms with van der Waals surface area (Å²) in [7, 11) is 0. The number of pyridine rings is 2. The first-order chi connectivity index (χ1) is 42.1. The van der Waals surface area contributed by atoms with Gasteiger partial charge in [0.2, 0.25) is 17.7 Å². The number of fused-ring (bicyclic) bond motifs is 8. The van der Waals surface area contributed by atoms with Crippen molar-refractivity contribution in [1.29, 1.82) is 0 Å². The molecular formula is C67H72FN7O13. The van der Waals surface area contributed by atoms with E-state index in [1.165, 1.54) is 10.6 Å². The molecule has 10 rings (SSSR count). The quantitative estimate of drug-likeness (QED) is 0.0204. The van der Waals surface area contributed by atoms with E-state index in [4.69, 9.17) is 19.2 Å². The van der Waals surface area contributed by atoms with E-state index in [9.17, 15) is 48.3 Å². The van der Waals surface area contributed by atoms with Crippen molar-refractivity contribution in [2.45, 2.75) is 141 Å². The third-order valence-corrected chi connectivity index (χ3v) is 17.0. The first kappa shape index (κ1) is 62.0. The number of halogens is 1. The molecule has 2 aliphatic heterocycles. The Labute approximate surface area is 507 Å². The van der Waals surface area contributed by atoms with Crippen LogP contribution >= 0.6 is 0 Å². The Morgan fingerprint density at radius 1 is 0.841 bits per heavy atom. The summed E-state index contributed by atoms with van der Waals surface area (Å²) in [5, 5.41) is 25.8. The average molecular weight is 1200 g/mol. The van der Waals surface area contributed by atoms with E-state index in [1.54, 1.807) is 71.0 Å². The number of amides is 5. The fraction of sp³-hybridized carbons (Fsp3) is 0.403. The van der Waals surface area contributed by atoms with E-state index in [-0.39, 0.29) is 81.9 Å². The van der Waals surface area contributed by atoms with Gasteiger partial charge in [0.15, 0.2) is 17.2 Å². The number of ketones is 2. The lowest BCUT2D eigenvalue weighted by molar-refractivity contribution is -0.172. The van der Waals surface area contributed by atoms with Crippen LogP contribution in [0.2, 0.25) is 0 Å². The molecule has 2 aliphatic carbocycles. The number of nitrogens with one attached hydrogen (secondary N) is 5. The summed E-state index contributed by atoms with van der Waals surface area (Å²) in [6, 6.07) is 25.9. The molecule has 4 heterocycles. The third-order valence-electron chi connectivity index (χ3n) is 17.0. The molecule has 0 unspecified atom stereocenters. The van der Waals surface area contributed by atoms with Gasteiger partial charge in [0, 0.05) is 60.2 Å². The minimum absolute atomic E-state index is 0.0136. The summed E-state index contributed by atoms with van der Waals surface area (Å²) >= 11 is 0. The Morgan fingerprint density at radius 2 is 1.55 bits per heavy atom. The number of nitrogens with zero attached hydrogens (tertiary/aromatic N) is 2. The summed E-state index contributed by atoms with van der Waals surface area (Å²) in [5.41, 5.74) is 5.22. The fourth-order valence-corrected chi connectivity index (χ4v) is 12.5. The van der Waals surface area contributed by atoms with Gasteiger partial charge in [-0.2, -0.15) is 0 Å². The standard InChI is InChI=1S/C67H72FN7O13/c1-6-67(85)49-30-54-60-46(34-75(54)62(81)48(49)36-86-63(67)82)59-52(24-23-41-37(2)50(68)31-53(73-60)58(41)59)72-57(79)33-71-61(80)39(28-38-16-8-7-9-17-38)29-40(76)32-70-56(78)26-25-55(77)51(22-14-15-27-69-64(83)88-66(3,4)5)74-65(84)87-35-47-44-20-12-10-18-42(44)43-19-11-13-21-45(43)47/h7-13,16-21,30-31,39,47,51-52,85H,6,14-15,22-29,32-36H2,1-5H3,(H,69,83)(H,70,78)(H,71,80)(H,72,79)(H,74,84)/t39-,51+,52+,67+/m1/s1. The molecule has 6 aromatic rings. The largest absolute Gasteiger partial charge is 0.458 e. The van der Waals surface area contributed by atoms with Crippen LogP contribution in [-0.2, 0) is 74.6 Å². The molecule has 0 spiro atoms. The van der Waals surface area contributed by atoms with Gasteiger partial charge in [-0.3, -0.25) is 28.8 Å². The van der Waals surface area contributed by atoms with Crippen LogP contribution in [0.5, 0.6) is 0 Å². The van der Waals surface area contributed by atoms with Crippen LogP contribution in [0.1, 0.15) is 141 Å². The smallest absolute Gasteiger partial charge is 0.407 e. The number of cyclic esters (lactones) is 1. The molecule has 88 heavy (non-hydrogen) atoms. The molecule has 4 aromatic carbocycles. The Morgan fingerprint density at radius 3 is 2.25 bits per heavy atom. The van der Waals surface area contributed by atoms with Gasteiger partial charge in [0.1, 0.15) is 24.6 Å². The van der Waals surface area contributed by atoms with Crippen LogP contribution in [0, 0.1) is 18.7 Å². The summed E-state index contributed by atoms with van der Waals surface area (Å²) in [4.78, 5) is 126. The highest BCUT2D eigenvalue weighted by atomic mass is 19.1. The normalized spacial score (nSPS) is 16.8. The lowest BCUT2D eigenvalue weighted by Crippen LogP contribution is -2.44. The number of hydrogen-bond acceptors (Lipinski definition) is 14. The van der Waals surface area contributed by atoms with Gasteiger partial charge in [-0.15, -0.1) is 0 Å². The predicted octanol–water partition coefficient (Wildman–Crippen LogP) is 7.63. The molecule has 460 valence electrons. The summed E-state index contributed by atoms with van der Waals surface area (Å²) < 4.78 is 33.4. The molecule has 4 atom stereocenters. The molecule has 0 saturated carbocycles. The Kier molecular flexibility index (Phi) is 18.4. The van der Waals surface area contributed by atoms with Crippen molar-refractivity contribution in [2.75, 3.05) is 26.2 Å². The second-order valence-corrected chi connectivity index (χ2v) is 24.0. The highest BCUT2D eigenvalue weighted by molar-refractivity contribution is 5.96. The van der Waals surface area contributed by atoms with Gasteiger partial charge >= 0.3 is 18.2 Å². The maximum absolute atomic E-state index is 15.6. The second kappa shape index (κ2) is 26.1. The number of hydrogen-bond donors (Lipinski definition) is 6. The summed E-state index contributed by atoms with van der Waals surface area (Å²) in [6.07, 6.45) is -0.509. The monoisotopic (exact) mass is 1200 g/mol. The van der Waals surface area contributed by atoms with Gasteiger partial charge in [0.05, 0.1) is 54.2 Å². The van der Waals surface area contributed by atoms with Crippen LogP contribution < -0.4 is 32.1 Å². The number of unbranched alkanes of at least 4 members (excludes halogenated alkanes) is 1. The van der Waals surface area contributed by atoms with Crippen LogP contribution in [0.25, 0.3) is 33.4 Å². The first-order valence-corrected chi connectivity index (χ1v) is 29.9. The molecule has 20 nitrogen and oxygen atoms in total. The minimum Gasteiger partial charge on any atom is -0.458 e. The van der Waals surface area contributed by atoms with E-state index < -0.39 is 101 Å². The fourth-order valence-electron chi connectivity index (χ4n) is 12.5. The molecule has 0 bridgehead atoms. The highest BCUT2D eigenvalue weighted by Crippen LogP contribution is 2.47. The number of rotatable bonds is 23. The number of esters is 1. The molecule has 0 saturated heterocycles. The van der Waals surface area contributed by atoms with E-state index in [1.807, 2.05) is 48.5 Å². The van der Waals surface area contributed by atoms with Crippen LogP contribution in [0.4, 0.5) is 14.0 Å². The molecule has 21 heteroatoms. The summed E-state index contributed by atoms with van der Waals surface area (Å²) in [5.74, 6) is -5.25. The average Bonchev–Trinajstić information content (AvgIpc) is 1.58. The van der Waals surface area contributed by atoms with Crippen molar-refractivity contribution in [3.05, 3.63) is 157 Å². The maximum Gasteiger partial charge on any atom is 0.407 e. The maximum atomic E-state index is 15.6. The van der Waals surface area contributed by atoms with Gasteiger partial charge in [-0.25, -0.2) is 23.8 Å². The van der Waals surface area contributed by atoms with Crippen LogP contribution in [0.3, 0.4) is 0 Å². The number of aromatic nitrogens is 2. The van der Waals surface area contributed by atoms with Gasteiger partial charge < -0.3 is 50.5 Å². The zero-order chi connectivity index (χ0) is 62.6. The lowest BCUT2D eigenvalue weighted by Gasteiger charge is -2.31. The van der Waals surface area contributed by atoms with Crippen molar-refractivity contribution in [2.24, 2.45) is 5.92 Å². The van der Waals surface area contributed by atoms with Crippen LogP contribution in [0.15, 0.2) is 95.8 Å². The minimum atomic E-state index is -2.07. The number of aryl methyl sites for hydroxylation is 1. The lowest BCUT2D eigenvalue weighted by atomic mass is 9.81. The van der Waals surface area contributed by atoms with Crippen molar-refractivity contribution in [3.63, 3.8) is 0 Å². The third kappa shape index (κ3) is 13.2. The molecule has 2 aromatic heterocycles. The Hall–Kier alpha value is -9.11. The van der Waals surface area contributed by atoms with E-state index in [0.717, 1.165) is 27.8 Å². The first-order valence-electron chi connectivity index (χ1n) is 29.9. The molecule has 5 amide bonds. The van der Waals surface area contributed by atoms with E-state index in [0.29, 0.717) is 70.2 Å². The number of carbonyl (C=O) groups excluding carboxylic acids is 8. The summed E-state index contributed by atoms with van der Waals surface area (Å²) in [6.45, 7) is 7.55. The number of Topliss-reactive ketones (excluding diaryl/α,β-unsaturated/α-hetero) is 2. The second-order valence-electron chi connectivity index (χ2n) is 24.0. The van der Waals surface area contributed by atoms with Crippen molar-refractivity contribution < 1.29 is 62.1 Å². The molecule has 4 aliphatic rings. The Bertz CT molecular complexity index is 3800. The van der Waals surface area contributed by atoms with Gasteiger partial charge in [-0.1, -0.05) is 85.8 Å². The van der Waals surface area contributed by atoms with Gasteiger partial charge in [0.25, 0.3) is 5.56 Å². The number of alkyl carbamates (subject to hydrolysis) is 2. The Balaban J connectivity index is 0.760. The molecule has 0 radical (unpaired) electrons. The highest BCUT2D eigenvalue weighted by Gasteiger charge is 2.46. The van der Waals surface area contributed by atoms with Crippen molar-refractivity contribution in [1.82, 2.24) is 36.1 Å². The topological polar surface area (TPSA) is 280 Å². The number of carbonyl (C=O) groups is 8. The number of aliphatic hydroxyl groups is 1. The zero-order valence-electron chi connectivity index (χ0n) is 49.9. The van der Waals surface area contributed by atoms with Crippen molar-refractivity contribution in [3.8, 4) is 22.5 Å².